The van der Waals surface area contributed by atoms with E-state index < -0.39 is 0 Å². The molecule has 104 heavy (non-hydrogen) atoms. The SMILES string of the molecule is Cl.Clc1cc(OC2CCOCC2)ccn1.Clc1ccc2nc(C3CN(c4cc(OC5CCOCC5)ccn4)C3)[nH]c2c1.Clc1ccc2nc(C3CN(c4cc(OC5CCOCC5)ccn4)C3)[nH]c2c1.Clc1ccc2nc(C3CNC3)[nH]c2c1.O=CO[O-].O=c1cc[nH]c(Cl)c1.OC1CCOCC1.[Cs+].[Cs+].[H-]. The topological polar surface area (TPSA) is 310 Å². The van der Waals surface area contributed by atoms with Crippen LogP contribution in [-0.4, -0.2) is 178 Å². The molecule has 3 aromatic carbocycles. The summed E-state index contributed by atoms with van der Waals surface area (Å²) in [7, 11) is 0. The van der Waals surface area contributed by atoms with Gasteiger partial charge in [-0.15, -0.1) is 12.4 Å². The minimum Gasteiger partial charge on any atom is -1.00 e. The van der Waals surface area contributed by atoms with Crippen molar-refractivity contribution >= 4 is 122 Å². The van der Waals surface area contributed by atoms with Crippen LogP contribution in [0.25, 0.3) is 33.1 Å². The second-order valence-corrected chi connectivity index (χ2v) is 26.7. The number of H-pyrrole nitrogens is 4. The van der Waals surface area contributed by atoms with Gasteiger partial charge in [0.25, 0.3) is 6.47 Å². The fourth-order valence-electron chi connectivity index (χ4n) is 11.6. The normalized spacial score (nSPS) is 17.0. The number of fused-ring (bicyclic) bond motifs is 3. The molecule has 33 heteroatoms. The van der Waals surface area contributed by atoms with Gasteiger partial charge in [-0.1, -0.05) is 58.0 Å². The van der Waals surface area contributed by atoms with E-state index in [1.807, 2.05) is 97.3 Å². The summed E-state index contributed by atoms with van der Waals surface area (Å²) in [6.45, 7) is 11.6. The average Bonchev–Trinajstić information content (AvgIpc) is 1.71. The Morgan fingerprint density at radius 1 is 0.500 bits per heavy atom. The van der Waals surface area contributed by atoms with E-state index in [1.54, 1.807) is 12.3 Å². The van der Waals surface area contributed by atoms with Crippen LogP contribution in [0.4, 0.5) is 11.6 Å². The van der Waals surface area contributed by atoms with E-state index in [1.165, 1.54) is 18.3 Å². The molecule has 7 aromatic heterocycles. The van der Waals surface area contributed by atoms with Gasteiger partial charge in [-0.2, -0.15) is 0 Å². The van der Waals surface area contributed by atoms with Crippen molar-refractivity contribution in [2.45, 2.75) is 93.5 Å². The number of benzene rings is 3. The van der Waals surface area contributed by atoms with E-state index in [-0.39, 0.29) is 188 Å². The number of carbonyl (C=O) groups is 1. The van der Waals surface area contributed by atoms with Gasteiger partial charge in [0, 0.05) is 167 Å². The minimum absolute atomic E-state index is 0. The number of nitrogens with one attached hydrogen (secondary N) is 5. The molecule has 0 atom stereocenters. The van der Waals surface area contributed by atoms with Crippen molar-refractivity contribution < 1.29 is 192 Å². The van der Waals surface area contributed by atoms with Crippen LogP contribution < -0.4 is 178 Å². The number of aromatic nitrogens is 10. The third-order valence-electron chi connectivity index (χ3n) is 17.3. The third kappa shape index (κ3) is 26.9. The molecule has 0 spiro atoms. The molecule has 10 aromatic rings. The van der Waals surface area contributed by atoms with Crippen molar-refractivity contribution in [3.63, 3.8) is 0 Å². The van der Waals surface area contributed by atoms with Gasteiger partial charge in [0.05, 0.1) is 90.7 Å². The quantitative estimate of drug-likeness (QED) is 0.0359. The molecule has 546 valence electrons. The van der Waals surface area contributed by atoms with Crippen LogP contribution in [0.15, 0.2) is 133 Å². The molecule has 0 amide bonds. The summed E-state index contributed by atoms with van der Waals surface area (Å²) in [6, 6.07) is 31.4. The molecule has 7 fully saturated rings. The first-order valence-electron chi connectivity index (χ1n) is 33.5. The van der Waals surface area contributed by atoms with Crippen LogP contribution in [0.1, 0.15) is 88.0 Å². The van der Waals surface area contributed by atoms with Crippen molar-refractivity contribution in [2.75, 3.05) is 102 Å². The summed E-state index contributed by atoms with van der Waals surface area (Å²) in [5.74, 6) is 8.85. The number of anilines is 2. The summed E-state index contributed by atoms with van der Waals surface area (Å²) < 4.78 is 38.9. The van der Waals surface area contributed by atoms with Gasteiger partial charge >= 0.3 is 138 Å². The first-order chi connectivity index (χ1) is 49.3. The van der Waals surface area contributed by atoms with Gasteiger partial charge in [-0.3, -0.25) is 9.59 Å². The number of aliphatic hydroxyl groups excluding tert-OH is 1. The number of hydrogen-bond donors (Lipinski definition) is 6. The van der Waals surface area contributed by atoms with Crippen LogP contribution in [0.5, 0.6) is 17.2 Å². The second kappa shape index (κ2) is 45.0. The maximum Gasteiger partial charge on any atom is 1.00 e. The Morgan fingerprint density at radius 2 is 0.865 bits per heavy atom. The van der Waals surface area contributed by atoms with Crippen LogP contribution in [0, 0.1) is 0 Å². The number of aromatic amines is 4. The molecular weight excluding hydrogens is 1710 g/mol. The number of pyridine rings is 4. The molecule has 0 bridgehead atoms. The summed E-state index contributed by atoms with van der Waals surface area (Å²) in [6.07, 6.45) is 14.7. The monoisotopic (exact) mass is 1780 g/mol. The molecule has 0 unspecified atom stereocenters. The fraction of sp³-hybridized carbons (Fsp3) is 0.408. The molecule has 14 heterocycles. The predicted octanol–water partition coefficient (Wildman–Crippen LogP) is 5.90. The smallest absolute Gasteiger partial charge is 1.00 e. The summed E-state index contributed by atoms with van der Waals surface area (Å²) in [5, 5.41) is 23.5. The van der Waals surface area contributed by atoms with Crippen molar-refractivity contribution in [1.29, 1.82) is 0 Å². The van der Waals surface area contributed by atoms with E-state index >= 15 is 0 Å². The molecular formula is C71H81Cl6Cs2N13O12. The Balaban J connectivity index is 0.000000183. The zero-order valence-electron chi connectivity index (χ0n) is 58.6. The second-order valence-electron chi connectivity index (χ2n) is 24.6. The first kappa shape index (κ1) is 86.1. The Kier molecular flexibility index (Phi) is 37.2. The number of hydrogen-bond acceptors (Lipinski definition) is 21. The van der Waals surface area contributed by atoms with Gasteiger partial charge in [0.2, 0.25) is 0 Å². The zero-order valence-corrected chi connectivity index (χ0v) is 74.8. The van der Waals surface area contributed by atoms with Crippen molar-refractivity contribution in [3.05, 3.63) is 181 Å². The number of carbonyl (C=O) groups excluding carboxylic acids is 1. The predicted molar refractivity (Wildman–Crippen MR) is 394 cm³/mol. The van der Waals surface area contributed by atoms with Gasteiger partial charge in [-0.25, -0.2) is 29.9 Å². The van der Waals surface area contributed by atoms with Gasteiger partial charge < -0.3 is 84.9 Å². The van der Waals surface area contributed by atoms with Crippen LogP contribution in [0.3, 0.4) is 0 Å². The number of aliphatic hydroxyl groups is 1. The van der Waals surface area contributed by atoms with E-state index in [2.05, 4.69) is 59.9 Å². The first-order valence-corrected chi connectivity index (χ1v) is 35.4. The van der Waals surface area contributed by atoms with Gasteiger partial charge in [-0.05, 0) is 85.6 Å². The summed E-state index contributed by atoms with van der Waals surface area (Å²) in [4.78, 5) is 65.7. The Morgan fingerprint density at radius 3 is 1.18 bits per heavy atom. The molecule has 7 aliphatic heterocycles. The molecule has 7 saturated heterocycles. The molecule has 0 radical (unpaired) electrons. The Hall–Kier alpha value is -3.50. The molecule has 0 saturated carbocycles. The molecule has 6 N–H and O–H groups in total. The van der Waals surface area contributed by atoms with E-state index in [9.17, 15) is 4.79 Å². The van der Waals surface area contributed by atoms with Gasteiger partial charge in [0.1, 0.15) is 75.0 Å². The number of rotatable bonds is 12. The fourth-order valence-corrected chi connectivity index (χ4v) is 12.4. The molecule has 7 aliphatic rings. The van der Waals surface area contributed by atoms with E-state index in [0.29, 0.717) is 28.1 Å². The maximum atomic E-state index is 10.4. The van der Waals surface area contributed by atoms with Crippen LogP contribution >= 0.6 is 70.4 Å². The average molecular weight is 1790 g/mol. The third-order valence-corrected chi connectivity index (χ3v) is 18.4. The number of nitrogens with zero attached hydrogens (tertiary/aromatic N) is 8. The Bertz CT molecular complexity index is 4140. The minimum atomic E-state index is -0.181. The number of imidazole rings is 3. The Labute approximate surface area is 752 Å². The summed E-state index contributed by atoms with van der Waals surface area (Å²) >= 11 is 29.2. The number of ether oxygens (including phenoxy) is 7. The molecule has 25 nitrogen and oxygen atoms in total. The molecule has 17 rings (SSSR count). The van der Waals surface area contributed by atoms with E-state index in [4.69, 9.17) is 116 Å². The van der Waals surface area contributed by atoms with Gasteiger partial charge in [0.15, 0.2) is 5.43 Å². The largest absolute Gasteiger partial charge is 1.00 e. The van der Waals surface area contributed by atoms with Crippen LogP contribution in [0.2, 0.25) is 25.4 Å². The van der Waals surface area contributed by atoms with Crippen molar-refractivity contribution in [2.24, 2.45) is 0 Å². The maximum absolute atomic E-state index is 10.4. The summed E-state index contributed by atoms with van der Waals surface area (Å²) in [5.41, 5.74) is 5.84. The standard InChI is InChI=1S/2C20H21ClN4O2.C10H10ClN3.C10H12ClNO2.C5H4ClNO.C5H10O2.CH2O3.ClH.2Cs.H/c2*21-14-1-2-17-18(9-14)24-20(23-17)13-11-25(12-13)19-10-16(3-6-22-19)27-15-4-7-26-8-5-15;11-7-1-2-8-9(3-7)14-10(13-8)6-4-12-5-6;11-10-7-9(1-4-12-10)14-8-2-5-13-6-3-8;6-5-3-4(8)1-2-7-5;6-5-1-3-7-4-2-5;2-1-4-3;;;;/h2*1-3,6,9-10,13,15H,4-5,7-8,11-12H2,(H,23,24);1-3,6,12H,4-5H2,(H,13,14);1,4,7-8H,2-3,5-6H2;1-3H,(H,7,8);5-6H,1-4H2;1,3H;1H;;;/q;;;;;;;;2*+1;-1/p-1. The van der Waals surface area contributed by atoms with Crippen molar-refractivity contribution in [3.8, 4) is 17.2 Å². The van der Waals surface area contributed by atoms with E-state index in [0.717, 1.165) is 238 Å². The molecule has 0 aliphatic carbocycles. The number of halogens is 6. The van der Waals surface area contributed by atoms with Crippen molar-refractivity contribution in [1.82, 2.24) is 55.2 Å². The zero-order chi connectivity index (χ0) is 70.3. The van der Waals surface area contributed by atoms with Crippen LogP contribution in [-0.2, 0) is 28.6 Å².